The smallest absolute Gasteiger partial charge is 0.320 e. The monoisotopic (exact) mass is 173 g/mol. The average molecular weight is 174 g/mol. The van der Waals surface area contributed by atoms with Crippen LogP contribution in [0.15, 0.2) is 0 Å². The number of carbonyl (C=O) groups is 1. The van der Waals surface area contributed by atoms with E-state index in [-0.39, 0.29) is 12.4 Å². The predicted octanol–water partition coefficient (Wildman–Crippen LogP) is -0.441. The molecule has 4 nitrogen and oxygen atoms in total. The van der Waals surface area contributed by atoms with Gasteiger partial charge in [0.1, 0.15) is 6.04 Å². The summed E-state index contributed by atoms with van der Waals surface area (Å²) in [7, 11) is 0. The fourth-order valence-electron chi connectivity index (χ4n) is 0.461. The number of nitrogens with two attached hydrogens (primary N) is 2. The molecular weight excluding hydrogens is 160 g/mol. The van der Waals surface area contributed by atoms with E-state index in [0.29, 0.717) is 19.4 Å². The van der Waals surface area contributed by atoms with Crippen LogP contribution in [0.1, 0.15) is 12.8 Å². The molecule has 0 spiro atoms. The predicted molar refractivity (Wildman–Crippen MR) is 41.1 cm³/mol. The Hall–Kier alpha value is -0.320. The quantitative estimate of drug-likeness (QED) is 0.503. The SMILES string of the molecule is Cl.N[13CH2][13CH2][13CH2][13C@@H](N)[13C](=O)O. The zero-order chi connectivity index (χ0) is 7.28. The number of hydrogen-bond acceptors (Lipinski definition) is 3. The number of carboxylic acid groups (broad SMARTS) is 1. The lowest BCUT2D eigenvalue weighted by Gasteiger charge is -2.02. The van der Waals surface area contributed by atoms with Crippen molar-refractivity contribution in [2.45, 2.75) is 18.9 Å². The van der Waals surface area contributed by atoms with Crippen LogP contribution in [-0.4, -0.2) is 23.7 Å². The molecule has 0 rings (SSSR count). The molecule has 0 aromatic heterocycles. The van der Waals surface area contributed by atoms with E-state index in [9.17, 15) is 4.79 Å². The minimum Gasteiger partial charge on any atom is -0.480 e. The normalized spacial score (nSPS) is 11.8. The van der Waals surface area contributed by atoms with Gasteiger partial charge in [0.2, 0.25) is 0 Å². The van der Waals surface area contributed by atoms with Gasteiger partial charge in [-0.05, 0) is 19.4 Å². The second-order valence-corrected chi connectivity index (χ2v) is 1.88. The highest BCUT2D eigenvalue weighted by atomic mass is 35.5. The Morgan fingerprint density at radius 3 is 2.40 bits per heavy atom. The number of aliphatic carboxylic acids is 1. The molecule has 0 aliphatic carbocycles. The summed E-state index contributed by atoms with van der Waals surface area (Å²) in [6.07, 6.45) is 1.14. The summed E-state index contributed by atoms with van der Waals surface area (Å²) in [6.45, 7) is 0.501. The lowest BCUT2D eigenvalue weighted by atomic mass is 11.1. The number of carboxylic acids is 1. The van der Waals surface area contributed by atoms with E-state index in [1.807, 2.05) is 0 Å². The lowest BCUT2D eigenvalue weighted by Crippen LogP contribution is -2.30. The van der Waals surface area contributed by atoms with Crippen molar-refractivity contribution in [1.29, 1.82) is 0 Å². The third-order valence-corrected chi connectivity index (χ3v) is 1.04. The fourth-order valence-corrected chi connectivity index (χ4v) is 0.461. The second-order valence-electron chi connectivity index (χ2n) is 1.88. The summed E-state index contributed by atoms with van der Waals surface area (Å²) in [5, 5.41) is 8.24. The highest BCUT2D eigenvalue weighted by Gasteiger charge is 2.08. The maximum atomic E-state index is 10.0. The molecule has 0 bridgehead atoms. The molecule has 1 atom stereocenters. The van der Waals surface area contributed by atoms with Crippen LogP contribution in [0.25, 0.3) is 0 Å². The number of rotatable bonds is 4. The van der Waals surface area contributed by atoms with Crippen molar-refractivity contribution in [1.82, 2.24) is 0 Å². The van der Waals surface area contributed by atoms with E-state index >= 15 is 0 Å². The Kier molecular flexibility index (Phi) is 8.40. The second kappa shape index (κ2) is 6.80. The van der Waals surface area contributed by atoms with Crippen LogP contribution in [0.4, 0.5) is 0 Å². The molecule has 0 aliphatic rings. The first-order valence-corrected chi connectivity index (χ1v) is 2.87. The Labute approximate surface area is 66.0 Å². The third-order valence-electron chi connectivity index (χ3n) is 1.04. The molecule has 0 unspecified atom stereocenters. The van der Waals surface area contributed by atoms with Crippen molar-refractivity contribution in [2.24, 2.45) is 11.5 Å². The molecule has 0 radical (unpaired) electrons. The van der Waals surface area contributed by atoms with Crippen molar-refractivity contribution in [2.75, 3.05) is 6.54 Å². The van der Waals surface area contributed by atoms with E-state index in [1.54, 1.807) is 0 Å². The zero-order valence-corrected chi connectivity index (χ0v) is 6.43. The standard InChI is InChI=1S/C5H12N2O2.ClH/c6-3-1-2-4(7)5(8)9;/h4H,1-3,6-7H2,(H,8,9);1H/t4-;/m1./s1/i1+1,2+1,3+1,4+1,5+1;. The van der Waals surface area contributed by atoms with Gasteiger partial charge in [-0.2, -0.15) is 0 Å². The van der Waals surface area contributed by atoms with E-state index in [1.165, 1.54) is 0 Å². The summed E-state index contributed by atoms with van der Waals surface area (Å²) in [6, 6.07) is -0.742. The van der Waals surface area contributed by atoms with Crippen molar-refractivity contribution >= 4 is 18.4 Å². The number of hydrogen-bond donors (Lipinski definition) is 3. The largest absolute Gasteiger partial charge is 0.480 e. The molecule has 62 valence electrons. The summed E-state index contributed by atoms with van der Waals surface area (Å²) in [5.41, 5.74) is 10.3. The summed E-state index contributed by atoms with van der Waals surface area (Å²) in [5.74, 6) is -0.955. The van der Waals surface area contributed by atoms with E-state index < -0.39 is 12.0 Å². The molecule has 5 N–H and O–H groups in total. The minimum atomic E-state index is -0.955. The molecule has 0 saturated heterocycles. The third kappa shape index (κ3) is 5.81. The topological polar surface area (TPSA) is 89.3 Å². The molecule has 0 saturated carbocycles. The molecule has 0 aromatic carbocycles. The van der Waals surface area contributed by atoms with Gasteiger partial charge in [0.05, 0.1) is 0 Å². The van der Waals surface area contributed by atoms with E-state index in [0.717, 1.165) is 0 Å². The first-order chi connectivity index (χ1) is 4.18. The summed E-state index contributed by atoms with van der Waals surface area (Å²) >= 11 is 0. The van der Waals surface area contributed by atoms with Crippen LogP contribution >= 0.6 is 12.4 Å². The molecule has 0 amide bonds. The van der Waals surface area contributed by atoms with Gasteiger partial charge in [-0.25, -0.2) is 0 Å². The first kappa shape index (κ1) is 12.4. The molecule has 10 heavy (non-hydrogen) atoms. The average Bonchev–Trinajstić information content (AvgIpc) is 1.82. The van der Waals surface area contributed by atoms with Crippen LogP contribution in [0.3, 0.4) is 0 Å². The summed E-state index contributed by atoms with van der Waals surface area (Å²) in [4.78, 5) is 10.0. The maximum absolute atomic E-state index is 10.0. The van der Waals surface area contributed by atoms with Crippen LogP contribution in [0, 0.1) is 0 Å². The Balaban J connectivity index is 0. The van der Waals surface area contributed by atoms with Crippen molar-refractivity contribution in [3.8, 4) is 0 Å². The lowest BCUT2D eigenvalue weighted by molar-refractivity contribution is -0.138. The van der Waals surface area contributed by atoms with Gasteiger partial charge in [-0.3, -0.25) is 4.79 Å². The van der Waals surface area contributed by atoms with Gasteiger partial charge in [0.15, 0.2) is 0 Å². The van der Waals surface area contributed by atoms with E-state index in [4.69, 9.17) is 16.6 Å². The highest BCUT2D eigenvalue weighted by Crippen LogP contribution is 1.91. The molecule has 0 heterocycles. The van der Waals surface area contributed by atoms with Gasteiger partial charge in [0, 0.05) is 0 Å². The zero-order valence-electron chi connectivity index (χ0n) is 5.62. The Bertz CT molecular complexity index is 99.6. The summed E-state index contributed by atoms with van der Waals surface area (Å²) < 4.78 is 0. The molecule has 5 heteroatoms. The highest BCUT2D eigenvalue weighted by molar-refractivity contribution is 5.85. The first-order valence-electron chi connectivity index (χ1n) is 2.87. The van der Waals surface area contributed by atoms with Crippen molar-refractivity contribution in [3.05, 3.63) is 0 Å². The van der Waals surface area contributed by atoms with E-state index in [2.05, 4.69) is 0 Å². The van der Waals surface area contributed by atoms with Gasteiger partial charge in [-0.15, -0.1) is 12.4 Å². The number of halogens is 1. The van der Waals surface area contributed by atoms with Crippen molar-refractivity contribution < 1.29 is 9.90 Å². The van der Waals surface area contributed by atoms with Gasteiger partial charge >= 0.3 is 5.97 Å². The molecular formula is C5H13ClN2O2. The van der Waals surface area contributed by atoms with Crippen LogP contribution in [0.5, 0.6) is 0 Å². The minimum absolute atomic E-state index is 0. The van der Waals surface area contributed by atoms with Crippen molar-refractivity contribution in [3.63, 3.8) is 0 Å². The fraction of sp³-hybridized carbons (Fsp3) is 0.800. The Morgan fingerprint density at radius 2 is 2.10 bits per heavy atom. The van der Waals surface area contributed by atoms with Crippen LogP contribution in [0.2, 0.25) is 0 Å². The molecule has 0 aliphatic heterocycles. The van der Waals surface area contributed by atoms with Crippen LogP contribution in [-0.2, 0) is 4.79 Å². The van der Waals surface area contributed by atoms with Gasteiger partial charge in [0.25, 0.3) is 0 Å². The van der Waals surface area contributed by atoms with Gasteiger partial charge < -0.3 is 16.6 Å². The molecule has 0 aromatic rings. The molecule has 0 fully saturated rings. The van der Waals surface area contributed by atoms with Gasteiger partial charge in [-0.1, -0.05) is 0 Å². The Morgan fingerprint density at radius 1 is 1.60 bits per heavy atom. The maximum Gasteiger partial charge on any atom is 0.320 e. The van der Waals surface area contributed by atoms with Crippen LogP contribution < -0.4 is 11.5 Å².